The van der Waals surface area contributed by atoms with E-state index < -0.39 is 11.4 Å². The van der Waals surface area contributed by atoms with Crippen LogP contribution in [0.4, 0.5) is 0 Å². The van der Waals surface area contributed by atoms with Crippen LogP contribution in [0.2, 0.25) is 0 Å². The first-order valence-electron chi connectivity index (χ1n) is 8.23. The zero-order valence-corrected chi connectivity index (χ0v) is 14.1. The van der Waals surface area contributed by atoms with E-state index in [9.17, 15) is 10.1 Å². The fourth-order valence-corrected chi connectivity index (χ4v) is 2.30. The Morgan fingerprint density at radius 2 is 1.88 bits per heavy atom. The molecular weight excluding hydrogens is 310 g/mol. The van der Waals surface area contributed by atoms with Gasteiger partial charge in [-0.3, -0.25) is 0 Å². The third-order valence-corrected chi connectivity index (χ3v) is 3.77. The zero-order chi connectivity index (χ0) is 17.4. The van der Waals surface area contributed by atoms with E-state index in [1.54, 1.807) is 24.3 Å². The Labute approximate surface area is 142 Å². The third kappa shape index (κ3) is 4.47. The number of carbonyl (C=O) groups excluding carboxylic acids is 1. The van der Waals surface area contributed by atoms with Crippen LogP contribution in [-0.2, 0) is 14.3 Å². The van der Waals surface area contributed by atoms with Gasteiger partial charge in [0.15, 0.2) is 6.29 Å². The van der Waals surface area contributed by atoms with Gasteiger partial charge in [0.2, 0.25) is 5.41 Å². The average molecular weight is 333 g/mol. The normalized spacial score (nSPS) is 23.3. The van der Waals surface area contributed by atoms with Gasteiger partial charge in [-0.2, -0.15) is 5.26 Å². The Morgan fingerprint density at radius 1 is 1.25 bits per heavy atom. The largest absolute Gasteiger partial charge is 0.494 e. The van der Waals surface area contributed by atoms with Crippen LogP contribution in [-0.4, -0.2) is 32.1 Å². The summed E-state index contributed by atoms with van der Waals surface area (Å²) in [5.41, 5.74) is -1.43. The maximum absolute atomic E-state index is 12.4. The highest BCUT2D eigenvalue weighted by Crippen LogP contribution is 2.29. The molecule has 1 aliphatic heterocycles. The van der Waals surface area contributed by atoms with Gasteiger partial charge in [0.1, 0.15) is 11.5 Å². The van der Waals surface area contributed by atoms with Gasteiger partial charge in [0.05, 0.1) is 25.9 Å². The lowest BCUT2D eigenvalue weighted by Crippen LogP contribution is -2.48. The molecule has 1 aromatic carbocycles. The predicted octanol–water partition coefficient (Wildman–Crippen LogP) is 3.06. The molecule has 0 spiro atoms. The van der Waals surface area contributed by atoms with Crippen LogP contribution >= 0.6 is 0 Å². The number of esters is 1. The summed E-state index contributed by atoms with van der Waals surface area (Å²) in [6.07, 6.45) is 2.41. The van der Waals surface area contributed by atoms with Gasteiger partial charge >= 0.3 is 5.97 Å². The lowest BCUT2D eigenvalue weighted by molar-refractivity contribution is -0.223. The smallest absolute Gasteiger partial charge is 0.336 e. The molecule has 0 saturated carbocycles. The summed E-state index contributed by atoms with van der Waals surface area (Å²) in [5.74, 6) is 0.379. The molecule has 0 unspecified atom stereocenters. The number of ether oxygens (including phenoxy) is 4. The lowest BCUT2D eigenvalue weighted by Gasteiger charge is -2.33. The highest BCUT2D eigenvalue weighted by molar-refractivity contribution is 5.82. The van der Waals surface area contributed by atoms with Crippen LogP contribution in [0, 0.1) is 16.7 Å². The van der Waals surface area contributed by atoms with E-state index in [0.717, 1.165) is 19.3 Å². The molecule has 6 nitrogen and oxygen atoms in total. The van der Waals surface area contributed by atoms with Gasteiger partial charge < -0.3 is 18.9 Å². The first-order valence-corrected chi connectivity index (χ1v) is 8.23. The molecule has 1 saturated heterocycles. The minimum atomic E-state index is -1.43. The Kier molecular flexibility index (Phi) is 6.59. The van der Waals surface area contributed by atoms with Crippen molar-refractivity contribution in [2.75, 3.05) is 19.8 Å². The minimum absolute atomic E-state index is 0.0201. The third-order valence-electron chi connectivity index (χ3n) is 3.77. The van der Waals surface area contributed by atoms with Crippen LogP contribution in [0.15, 0.2) is 24.3 Å². The van der Waals surface area contributed by atoms with E-state index in [4.69, 9.17) is 18.9 Å². The van der Waals surface area contributed by atoms with Gasteiger partial charge in [-0.15, -0.1) is 0 Å². The Hall–Kier alpha value is -2.10. The second-order valence-corrected chi connectivity index (χ2v) is 5.68. The molecule has 0 bridgehead atoms. The molecule has 0 N–H and O–H groups in total. The molecular formula is C18H23NO5. The first-order chi connectivity index (χ1) is 11.6. The number of hydrogen-bond acceptors (Lipinski definition) is 6. The van der Waals surface area contributed by atoms with Crippen molar-refractivity contribution in [1.82, 2.24) is 0 Å². The number of rotatable bonds is 7. The van der Waals surface area contributed by atoms with Crippen LogP contribution < -0.4 is 9.47 Å². The topological polar surface area (TPSA) is 77.8 Å². The zero-order valence-electron chi connectivity index (χ0n) is 14.1. The molecule has 1 aliphatic rings. The summed E-state index contributed by atoms with van der Waals surface area (Å²) in [5, 5.41) is 9.44. The summed E-state index contributed by atoms with van der Waals surface area (Å²) in [7, 11) is 0. The van der Waals surface area contributed by atoms with Gasteiger partial charge in [-0.1, -0.05) is 13.3 Å². The van der Waals surface area contributed by atoms with Crippen LogP contribution in [0.5, 0.6) is 11.5 Å². The summed E-state index contributed by atoms with van der Waals surface area (Å²) < 4.78 is 21.7. The Bertz CT molecular complexity index is 570. The van der Waals surface area contributed by atoms with Crippen LogP contribution in [0.25, 0.3) is 0 Å². The predicted molar refractivity (Wildman–Crippen MR) is 86.5 cm³/mol. The summed E-state index contributed by atoms with van der Waals surface area (Å²) >= 11 is 0. The molecule has 0 radical (unpaired) electrons. The highest BCUT2D eigenvalue weighted by Gasteiger charge is 2.46. The molecule has 1 heterocycles. The summed E-state index contributed by atoms with van der Waals surface area (Å²) in [6, 6.07) is 8.67. The second kappa shape index (κ2) is 8.67. The molecule has 1 fully saturated rings. The number of carbonyl (C=O) groups is 1. The SMILES string of the molecule is CCCC[C@H]1OC[C@@](C#N)(C(=O)Oc2ccc(OCC)cc2)CO1. The van der Waals surface area contributed by atoms with Gasteiger partial charge in [0.25, 0.3) is 0 Å². The molecule has 0 aromatic heterocycles. The molecule has 2 rings (SSSR count). The maximum Gasteiger partial charge on any atom is 0.336 e. The van der Waals surface area contributed by atoms with Gasteiger partial charge in [-0.25, -0.2) is 4.79 Å². The summed E-state index contributed by atoms with van der Waals surface area (Å²) in [6.45, 7) is 4.49. The average Bonchev–Trinajstić information content (AvgIpc) is 2.62. The Morgan fingerprint density at radius 3 is 2.42 bits per heavy atom. The van der Waals surface area contributed by atoms with E-state index in [1.165, 1.54) is 0 Å². The van der Waals surface area contributed by atoms with Crippen molar-refractivity contribution in [3.63, 3.8) is 0 Å². The van der Waals surface area contributed by atoms with Gasteiger partial charge in [-0.05, 0) is 44.0 Å². The number of nitriles is 1. The summed E-state index contributed by atoms with van der Waals surface area (Å²) in [4.78, 5) is 12.4. The molecule has 1 aromatic rings. The molecule has 0 aliphatic carbocycles. The van der Waals surface area contributed by atoms with E-state index in [-0.39, 0.29) is 19.5 Å². The highest BCUT2D eigenvalue weighted by atomic mass is 16.7. The molecule has 24 heavy (non-hydrogen) atoms. The maximum atomic E-state index is 12.4. The molecule has 130 valence electrons. The van der Waals surface area contributed by atoms with E-state index in [2.05, 4.69) is 6.92 Å². The van der Waals surface area contributed by atoms with Crippen LogP contribution in [0.3, 0.4) is 0 Å². The quantitative estimate of drug-likeness (QED) is 0.564. The van der Waals surface area contributed by atoms with Crippen molar-refractivity contribution in [2.45, 2.75) is 39.4 Å². The van der Waals surface area contributed by atoms with Crippen molar-refractivity contribution in [3.05, 3.63) is 24.3 Å². The fourth-order valence-electron chi connectivity index (χ4n) is 2.30. The van der Waals surface area contributed by atoms with Crippen molar-refractivity contribution >= 4 is 5.97 Å². The second-order valence-electron chi connectivity index (χ2n) is 5.68. The Balaban J connectivity index is 1.95. The number of nitrogens with zero attached hydrogens (tertiary/aromatic N) is 1. The fraction of sp³-hybridized carbons (Fsp3) is 0.556. The number of benzene rings is 1. The van der Waals surface area contributed by atoms with E-state index >= 15 is 0 Å². The molecule has 6 heteroatoms. The lowest BCUT2D eigenvalue weighted by atomic mass is 9.91. The monoisotopic (exact) mass is 333 g/mol. The molecule has 0 amide bonds. The number of unbranched alkanes of at least 4 members (excludes halogenated alkanes) is 1. The van der Waals surface area contributed by atoms with E-state index in [1.807, 2.05) is 13.0 Å². The van der Waals surface area contributed by atoms with Crippen molar-refractivity contribution < 1.29 is 23.7 Å². The van der Waals surface area contributed by atoms with E-state index in [0.29, 0.717) is 18.1 Å². The molecule has 0 atom stereocenters. The van der Waals surface area contributed by atoms with Crippen LogP contribution in [0.1, 0.15) is 33.1 Å². The van der Waals surface area contributed by atoms with Crippen molar-refractivity contribution in [3.8, 4) is 17.6 Å². The first kappa shape index (κ1) is 18.2. The van der Waals surface area contributed by atoms with Crippen molar-refractivity contribution in [2.24, 2.45) is 5.41 Å². The van der Waals surface area contributed by atoms with Crippen molar-refractivity contribution in [1.29, 1.82) is 5.26 Å². The van der Waals surface area contributed by atoms with Gasteiger partial charge in [0, 0.05) is 0 Å². The minimum Gasteiger partial charge on any atom is -0.494 e. The standard InChI is InChI=1S/C18H23NO5/c1-3-5-6-16-22-12-18(11-19,13-23-16)17(20)24-15-9-7-14(8-10-15)21-4-2/h7-10,16H,3-6,12-13H2,1-2H3/t16-,18+. The number of hydrogen-bond donors (Lipinski definition) is 0.